The van der Waals surface area contributed by atoms with Crippen molar-refractivity contribution in [1.29, 1.82) is 0 Å². The first-order valence-electron chi connectivity index (χ1n) is 12.8. The summed E-state index contributed by atoms with van der Waals surface area (Å²) in [7, 11) is 0. The van der Waals surface area contributed by atoms with Gasteiger partial charge in [0.2, 0.25) is 0 Å². The Morgan fingerprint density at radius 2 is 1.74 bits per heavy atom. The van der Waals surface area contributed by atoms with Crippen LogP contribution in [-0.4, -0.2) is 83.0 Å². The lowest BCUT2D eigenvalue weighted by molar-refractivity contribution is -0.138. The third-order valence-electron chi connectivity index (χ3n) is 7.57. The largest absolute Gasteiger partial charge is 0.417 e. The fourth-order valence-electron chi connectivity index (χ4n) is 5.42. The highest BCUT2D eigenvalue weighted by Gasteiger charge is 2.37. The number of aromatic nitrogens is 1. The Morgan fingerprint density at radius 1 is 1.03 bits per heavy atom. The van der Waals surface area contributed by atoms with Crippen molar-refractivity contribution in [1.82, 2.24) is 19.7 Å². The van der Waals surface area contributed by atoms with Crippen LogP contribution in [0.25, 0.3) is 0 Å². The minimum atomic E-state index is -4.65. The number of carbonyl (C=O) groups excluding carboxylic acids is 2. The maximum absolute atomic E-state index is 14.3. The van der Waals surface area contributed by atoms with Gasteiger partial charge in [-0.1, -0.05) is 12.1 Å². The zero-order valence-corrected chi connectivity index (χ0v) is 20.8. The number of pyridine rings is 1. The molecule has 4 heterocycles. The molecular weight excluding hydrogens is 504 g/mol. The molecule has 12 heteroatoms. The summed E-state index contributed by atoms with van der Waals surface area (Å²) in [5.74, 6) is -1.13. The van der Waals surface area contributed by atoms with Crippen molar-refractivity contribution in [2.75, 3.05) is 44.2 Å². The van der Waals surface area contributed by atoms with Crippen LogP contribution in [0.4, 0.5) is 28.2 Å². The van der Waals surface area contributed by atoms with Gasteiger partial charge < -0.3 is 25.3 Å². The second-order valence-electron chi connectivity index (χ2n) is 10.1. The maximum Gasteiger partial charge on any atom is 0.417 e. The van der Waals surface area contributed by atoms with Gasteiger partial charge in [-0.15, -0.1) is 0 Å². The summed E-state index contributed by atoms with van der Waals surface area (Å²) in [6, 6.07) is 7.68. The number of urea groups is 1. The van der Waals surface area contributed by atoms with Gasteiger partial charge in [-0.2, -0.15) is 13.2 Å². The highest BCUT2D eigenvalue weighted by molar-refractivity contribution is 5.94. The lowest BCUT2D eigenvalue weighted by atomic mass is 10.0. The van der Waals surface area contributed by atoms with Crippen LogP contribution >= 0.6 is 0 Å². The van der Waals surface area contributed by atoms with Gasteiger partial charge in [0.15, 0.2) is 11.6 Å². The molecule has 0 saturated carbocycles. The number of piperidine rings is 1. The number of hydrogen-bond acceptors (Lipinski definition) is 5. The zero-order chi connectivity index (χ0) is 27.0. The van der Waals surface area contributed by atoms with E-state index in [1.807, 2.05) is 17.0 Å². The average molecular weight is 535 g/mol. The number of alkyl halides is 3. The third-order valence-corrected chi connectivity index (χ3v) is 7.57. The number of nitrogens with two attached hydrogens (primary N) is 1. The molecule has 38 heavy (non-hydrogen) atoms. The molecule has 0 radical (unpaired) electrons. The smallest absolute Gasteiger partial charge is 0.354 e. The molecule has 1 aromatic heterocycles. The molecule has 5 rings (SSSR count). The SMILES string of the molecule is N[C@@H]1CCN(C(=O)c2ccc(CN3CCN(C4CCN(c5ncc(C(F)(F)F)cc5F)CC4)C3=O)cc2)C1. The Hall–Kier alpha value is -3.41. The normalized spacial score (nSPS) is 21.1. The Kier molecular flexibility index (Phi) is 7.17. The van der Waals surface area contributed by atoms with E-state index in [4.69, 9.17) is 5.73 Å². The molecule has 0 bridgehead atoms. The fourth-order valence-corrected chi connectivity index (χ4v) is 5.42. The van der Waals surface area contributed by atoms with Gasteiger partial charge in [-0.25, -0.2) is 14.2 Å². The number of halogens is 4. The monoisotopic (exact) mass is 534 g/mol. The van der Waals surface area contributed by atoms with Crippen molar-refractivity contribution in [2.45, 2.75) is 44.1 Å². The summed E-state index contributed by atoms with van der Waals surface area (Å²) in [5.41, 5.74) is 6.31. The maximum atomic E-state index is 14.3. The van der Waals surface area contributed by atoms with Gasteiger partial charge >= 0.3 is 12.2 Å². The molecule has 3 amide bonds. The van der Waals surface area contributed by atoms with E-state index in [9.17, 15) is 27.2 Å². The minimum absolute atomic E-state index is 0.0252. The molecule has 0 spiro atoms. The van der Waals surface area contributed by atoms with Gasteiger partial charge in [0, 0.05) is 69.7 Å². The first kappa shape index (κ1) is 26.2. The molecule has 204 valence electrons. The van der Waals surface area contributed by atoms with E-state index < -0.39 is 17.6 Å². The van der Waals surface area contributed by atoms with Crippen LogP contribution in [0.15, 0.2) is 36.5 Å². The third kappa shape index (κ3) is 5.40. The molecule has 0 aliphatic carbocycles. The number of benzene rings is 1. The van der Waals surface area contributed by atoms with Crippen LogP contribution in [0.2, 0.25) is 0 Å². The Labute approximate surface area is 218 Å². The lowest BCUT2D eigenvalue weighted by Gasteiger charge is -2.37. The molecular formula is C26H30F4N6O2. The Morgan fingerprint density at radius 3 is 2.34 bits per heavy atom. The van der Waals surface area contributed by atoms with Crippen LogP contribution in [0, 0.1) is 5.82 Å². The summed E-state index contributed by atoms with van der Waals surface area (Å²) in [5, 5.41) is 0. The summed E-state index contributed by atoms with van der Waals surface area (Å²) in [6.45, 7) is 3.57. The number of rotatable bonds is 5. The predicted molar refractivity (Wildman–Crippen MR) is 132 cm³/mol. The standard InChI is InChI=1S/C26H30F4N6O2/c27-22-13-19(26(28,29)30)14-32-23(22)33-9-6-21(7-10-33)36-12-11-35(25(36)38)15-17-1-3-18(4-2-17)24(37)34-8-5-20(31)16-34/h1-4,13-14,20-21H,5-12,15-16,31H2/t20-/m1/s1. The summed E-state index contributed by atoms with van der Waals surface area (Å²) < 4.78 is 52.8. The Bertz CT molecular complexity index is 1180. The highest BCUT2D eigenvalue weighted by Crippen LogP contribution is 2.32. The van der Waals surface area contributed by atoms with Gasteiger partial charge in [-0.05, 0) is 43.0 Å². The van der Waals surface area contributed by atoms with Gasteiger partial charge in [0.25, 0.3) is 5.91 Å². The van der Waals surface area contributed by atoms with Crippen LogP contribution in [0.5, 0.6) is 0 Å². The van der Waals surface area contributed by atoms with Crippen LogP contribution in [-0.2, 0) is 12.7 Å². The Balaban J connectivity index is 1.14. The molecule has 3 aliphatic heterocycles. The number of carbonyl (C=O) groups is 2. The number of likely N-dealkylation sites (tertiary alicyclic amines) is 1. The van der Waals surface area contributed by atoms with E-state index in [1.54, 1.807) is 26.8 Å². The minimum Gasteiger partial charge on any atom is -0.354 e. The second-order valence-corrected chi connectivity index (χ2v) is 10.1. The second kappa shape index (κ2) is 10.4. The zero-order valence-electron chi connectivity index (χ0n) is 20.8. The van der Waals surface area contributed by atoms with E-state index in [2.05, 4.69) is 4.98 Å². The van der Waals surface area contributed by atoms with Crippen LogP contribution in [0.3, 0.4) is 0 Å². The first-order valence-corrected chi connectivity index (χ1v) is 12.8. The molecule has 2 aromatic rings. The summed E-state index contributed by atoms with van der Waals surface area (Å²) >= 11 is 0. The molecule has 1 aromatic carbocycles. The summed E-state index contributed by atoms with van der Waals surface area (Å²) in [6.07, 6.45) is -2.06. The molecule has 0 unspecified atom stereocenters. The van der Waals surface area contributed by atoms with Crippen molar-refractivity contribution in [2.24, 2.45) is 5.73 Å². The number of nitrogens with zero attached hydrogens (tertiary/aromatic N) is 5. The van der Waals surface area contributed by atoms with E-state index in [0.717, 1.165) is 12.0 Å². The molecule has 8 nitrogen and oxygen atoms in total. The van der Waals surface area contributed by atoms with Gasteiger partial charge in [0.1, 0.15) is 0 Å². The first-order chi connectivity index (χ1) is 18.1. The van der Waals surface area contributed by atoms with Crippen molar-refractivity contribution < 1.29 is 27.2 Å². The van der Waals surface area contributed by atoms with Crippen LogP contribution in [0.1, 0.15) is 40.7 Å². The quantitative estimate of drug-likeness (QED) is 0.595. The van der Waals surface area contributed by atoms with Gasteiger partial charge in [0.05, 0.1) is 5.56 Å². The molecule has 3 fully saturated rings. The van der Waals surface area contributed by atoms with Crippen molar-refractivity contribution in [3.8, 4) is 0 Å². The molecule has 3 aliphatic rings. The van der Waals surface area contributed by atoms with Crippen LogP contribution < -0.4 is 10.6 Å². The number of amides is 3. The highest BCUT2D eigenvalue weighted by atomic mass is 19.4. The van der Waals surface area contributed by atoms with Crippen molar-refractivity contribution >= 4 is 17.8 Å². The van der Waals surface area contributed by atoms with Crippen molar-refractivity contribution in [3.63, 3.8) is 0 Å². The van der Waals surface area contributed by atoms with E-state index >= 15 is 0 Å². The van der Waals surface area contributed by atoms with E-state index in [1.165, 1.54) is 0 Å². The molecule has 1 atom stereocenters. The molecule has 2 N–H and O–H groups in total. The van der Waals surface area contributed by atoms with E-state index in [0.29, 0.717) is 76.5 Å². The number of hydrogen-bond donors (Lipinski definition) is 1. The average Bonchev–Trinajstić information content (AvgIpc) is 3.49. The van der Waals surface area contributed by atoms with E-state index in [-0.39, 0.29) is 29.8 Å². The summed E-state index contributed by atoms with van der Waals surface area (Å²) in [4.78, 5) is 36.4. The number of anilines is 1. The predicted octanol–water partition coefficient (Wildman–Crippen LogP) is 3.32. The van der Waals surface area contributed by atoms with Crippen molar-refractivity contribution in [3.05, 3.63) is 59.0 Å². The molecule has 3 saturated heterocycles. The fraction of sp³-hybridized carbons (Fsp3) is 0.500. The lowest BCUT2D eigenvalue weighted by Crippen LogP contribution is -2.47. The topological polar surface area (TPSA) is 86.0 Å². The van der Waals surface area contributed by atoms with Gasteiger partial charge in [-0.3, -0.25) is 4.79 Å².